The van der Waals surface area contributed by atoms with Crippen LogP contribution in [0.5, 0.6) is 0 Å². The number of aromatic nitrogens is 2. The molecule has 0 aromatic carbocycles. The first-order valence-corrected chi connectivity index (χ1v) is 8.27. The van der Waals surface area contributed by atoms with Crippen LogP contribution < -0.4 is 0 Å². The number of pyridine rings is 1. The maximum atomic E-state index is 12.0. The van der Waals surface area contributed by atoms with E-state index in [0.717, 1.165) is 5.56 Å². The summed E-state index contributed by atoms with van der Waals surface area (Å²) in [6, 6.07) is 5.53. The molecule has 2 aromatic rings. The minimum absolute atomic E-state index is 0.275. The Morgan fingerprint density at radius 3 is 2.73 bits per heavy atom. The average molecular weight is 355 g/mol. The number of hydrogen-bond donors (Lipinski definition) is 0. The summed E-state index contributed by atoms with van der Waals surface area (Å²) in [5, 5.41) is 4.00. The van der Waals surface area contributed by atoms with E-state index in [1.54, 1.807) is 24.7 Å². The summed E-state index contributed by atoms with van der Waals surface area (Å²) in [6.07, 6.45) is 8.19. The van der Waals surface area contributed by atoms with Crippen molar-refractivity contribution in [1.29, 1.82) is 0 Å². The summed E-state index contributed by atoms with van der Waals surface area (Å²) in [7, 11) is 0. The Hall–Kier alpha value is -3.09. The smallest absolute Gasteiger partial charge is 0.414 e. The molecule has 3 rings (SSSR count). The molecule has 2 aromatic heterocycles. The fraction of sp³-hybridized carbons (Fsp3) is 0.316. The molecule has 1 amide bonds. The van der Waals surface area contributed by atoms with Crippen LogP contribution in [0.1, 0.15) is 26.5 Å². The summed E-state index contributed by atoms with van der Waals surface area (Å²) in [5.74, 6) is 1.33. The van der Waals surface area contributed by atoms with E-state index >= 15 is 0 Å². The summed E-state index contributed by atoms with van der Waals surface area (Å²) < 4.78 is 16.4. The molecule has 0 N–H and O–H groups in total. The highest BCUT2D eigenvalue weighted by Gasteiger charge is 2.21. The quantitative estimate of drug-likeness (QED) is 0.828. The fourth-order valence-corrected chi connectivity index (χ4v) is 2.23. The highest BCUT2D eigenvalue weighted by molar-refractivity contribution is 5.70. The number of carbonyl (C=O) groups excluding carboxylic acids is 1. The Labute approximate surface area is 151 Å². The van der Waals surface area contributed by atoms with Crippen molar-refractivity contribution in [2.45, 2.75) is 33.0 Å². The van der Waals surface area contributed by atoms with E-state index in [2.05, 4.69) is 10.1 Å². The maximum Gasteiger partial charge on any atom is 0.414 e. The van der Waals surface area contributed by atoms with Gasteiger partial charge in [0.25, 0.3) is 0 Å². The molecule has 7 nitrogen and oxygen atoms in total. The van der Waals surface area contributed by atoms with Crippen molar-refractivity contribution in [3.8, 4) is 11.3 Å². The Bertz CT molecular complexity index is 819. The van der Waals surface area contributed by atoms with Gasteiger partial charge in [-0.1, -0.05) is 5.16 Å². The highest BCUT2D eigenvalue weighted by atomic mass is 16.6. The zero-order valence-corrected chi connectivity index (χ0v) is 15.0. The number of nitrogens with zero attached hydrogens (tertiary/aromatic N) is 3. The van der Waals surface area contributed by atoms with Crippen LogP contribution in [0.15, 0.2) is 59.2 Å². The van der Waals surface area contributed by atoms with Crippen LogP contribution in [0.3, 0.4) is 0 Å². The number of carbonyl (C=O) groups is 1. The third kappa shape index (κ3) is 4.72. The van der Waals surface area contributed by atoms with E-state index < -0.39 is 5.60 Å². The van der Waals surface area contributed by atoms with Crippen LogP contribution in [0.25, 0.3) is 11.3 Å². The van der Waals surface area contributed by atoms with Gasteiger partial charge in [-0.2, -0.15) is 0 Å². The van der Waals surface area contributed by atoms with E-state index in [9.17, 15) is 4.79 Å². The second-order valence-corrected chi connectivity index (χ2v) is 6.76. The molecule has 0 fully saturated rings. The number of hydrogen-bond acceptors (Lipinski definition) is 6. The molecule has 0 bridgehead atoms. The Morgan fingerprint density at radius 2 is 2.08 bits per heavy atom. The van der Waals surface area contributed by atoms with Gasteiger partial charge in [0.15, 0.2) is 5.76 Å². The molecule has 3 heterocycles. The van der Waals surface area contributed by atoms with Gasteiger partial charge in [0.2, 0.25) is 0 Å². The van der Waals surface area contributed by atoms with Crippen molar-refractivity contribution in [3.63, 3.8) is 0 Å². The van der Waals surface area contributed by atoms with Crippen molar-refractivity contribution in [2.75, 3.05) is 6.54 Å². The Morgan fingerprint density at radius 1 is 1.31 bits per heavy atom. The SMILES string of the molecule is CC(C)(C)OC(=O)N1C=CC(OCc2cc(-c3ccncc3)on2)=CC1. The van der Waals surface area contributed by atoms with Crippen LogP contribution >= 0.6 is 0 Å². The number of ether oxygens (including phenoxy) is 2. The zero-order valence-electron chi connectivity index (χ0n) is 15.0. The molecular weight excluding hydrogens is 334 g/mol. The molecule has 0 unspecified atom stereocenters. The van der Waals surface area contributed by atoms with Crippen LogP contribution in [-0.2, 0) is 16.1 Å². The van der Waals surface area contributed by atoms with E-state index in [1.807, 2.05) is 45.0 Å². The van der Waals surface area contributed by atoms with E-state index in [0.29, 0.717) is 23.8 Å². The molecule has 1 aliphatic heterocycles. The minimum Gasteiger partial charge on any atom is -0.487 e. The van der Waals surface area contributed by atoms with Gasteiger partial charge >= 0.3 is 6.09 Å². The average Bonchev–Trinajstić information content (AvgIpc) is 3.09. The summed E-state index contributed by atoms with van der Waals surface area (Å²) >= 11 is 0. The second-order valence-electron chi connectivity index (χ2n) is 6.76. The van der Waals surface area contributed by atoms with Crippen molar-refractivity contribution in [2.24, 2.45) is 0 Å². The van der Waals surface area contributed by atoms with Crippen molar-refractivity contribution < 1.29 is 18.8 Å². The monoisotopic (exact) mass is 355 g/mol. The number of rotatable bonds is 4. The maximum absolute atomic E-state index is 12.0. The Kier molecular flexibility index (Phi) is 5.06. The lowest BCUT2D eigenvalue weighted by molar-refractivity contribution is 0.0346. The van der Waals surface area contributed by atoms with Gasteiger partial charge in [-0.15, -0.1) is 0 Å². The van der Waals surface area contributed by atoms with Crippen LogP contribution in [-0.4, -0.2) is 33.3 Å². The molecule has 0 aliphatic carbocycles. The fourth-order valence-electron chi connectivity index (χ4n) is 2.23. The second kappa shape index (κ2) is 7.43. The molecule has 0 saturated carbocycles. The lowest BCUT2D eigenvalue weighted by Gasteiger charge is -2.26. The van der Waals surface area contributed by atoms with Crippen molar-refractivity contribution in [3.05, 3.63) is 60.4 Å². The molecule has 7 heteroatoms. The zero-order chi connectivity index (χ0) is 18.6. The first-order valence-electron chi connectivity index (χ1n) is 8.27. The number of amides is 1. The molecule has 0 saturated heterocycles. The molecule has 0 radical (unpaired) electrons. The van der Waals surface area contributed by atoms with Gasteiger partial charge in [0.05, 0.1) is 6.54 Å². The first kappa shape index (κ1) is 17.7. The van der Waals surface area contributed by atoms with Crippen molar-refractivity contribution >= 4 is 6.09 Å². The molecular formula is C19H21N3O4. The van der Waals surface area contributed by atoms with Gasteiger partial charge in [0.1, 0.15) is 23.7 Å². The van der Waals surface area contributed by atoms with Crippen LogP contribution in [0, 0.1) is 0 Å². The lowest BCUT2D eigenvalue weighted by Crippen LogP contribution is -2.34. The van der Waals surface area contributed by atoms with Gasteiger partial charge < -0.3 is 14.0 Å². The normalized spacial score (nSPS) is 14.1. The third-order valence-corrected chi connectivity index (χ3v) is 3.45. The molecule has 0 spiro atoms. The lowest BCUT2D eigenvalue weighted by atomic mass is 10.2. The topological polar surface area (TPSA) is 77.7 Å². The highest BCUT2D eigenvalue weighted by Crippen LogP contribution is 2.20. The minimum atomic E-state index is -0.523. The van der Waals surface area contributed by atoms with Gasteiger partial charge in [-0.05, 0) is 45.1 Å². The predicted octanol–water partition coefficient (Wildman–Crippen LogP) is 3.90. The van der Waals surface area contributed by atoms with E-state index in [-0.39, 0.29) is 12.7 Å². The molecule has 1 aliphatic rings. The first-order chi connectivity index (χ1) is 12.4. The standard InChI is InChI=1S/C19H21N3O4/c1-19(2,3)25-18(23)22-10-6-16(7-11-22)24-13-15-12-17(26-21-15)14-4-8-20-9-5-14/h4-10,12H,11,13H2,1-3H3. The summed E-state index contributed by atoms with van der Waals surface area (Å²) in [4.78, 5) is 17.4. The van der Waals surface area contributed by atoms with E-state index in [1.165, 1.54) is 4.90 Å². The molecule has 26 heavy (non-hydrogen) atoms. The summed E-state index contributed by atoms with van der Waals surface area (Å²) in [5.41, 5.74) is 1.06. The van der Waals surface area contributed by atoms with Crippen LogP contribution in [0.4, 0.5) is 4.79 Å². The van der Waals surface area contributed by atoms with Gasteiger partial charge in [-0.25, -0.2) is 4.79 Å². The summed E-state index contributed by atoms with van der Waals surface area (Å²) in [6.45, 7) is 6.17. The number of allylic oxidation sites excluding steroid dienone is 1. The third-order valence-electron chi connectivity index (χ3n) is 3.45. The van der Waals surface area contributed by atoms with Crippen molar-refractivity contribution in [1.82, 2.24) is 15.0 Å². The largest absolute Gasteiger partial charge is 0.487 e. The van der Waals surface area contributed by atoms with Crippen LogP contribution in [0.2, 0.25) is 0 Å². The van der Waals surface area contributed by atoms with E-state index in [4.69, 9.17) is 14.0 Å². The molecule has 136 valence electrons. The van der Waals surface area contributed by atoms with Gasteiger partial charge in [0, 0.05) is 30.2 Å². The van der Waals surface area contributed by atoms with Gasteiger partial charge in [-0.3, -0.25) is 9.88 Å². The molecule has 0 atom stereocenters. The predicted molar refractivity (Wildman–Crippen MR) is 94.7 cm³/mol. The Balaban J connectivity index is 1.52.